The molecule has 1 fully saturated rings. The number of rotatable bonds is 12. The van der Waals surface area contributed by atoms with Gasteiger partial charge in [0.2, 0.25) is 5.91 Å². The molecule has 1 aliphatic heterocycles. The summed E-state index contributed by atoms with van der Waals surface area (Å²) in [6, 6.07) is 4.36. The molecule has 16 heteroatoms. The van der Waals surface area contributed by atoms with E-state index in [-0.39, 0.29) is 40.3 Å². The largest absolute Gasteiger partial charge is 0.370 e. The Hall–Kier alpha value is -2.88. The van der Waals surface area contributed by atoms with Crippen LogP contribution < -0.4 is 15.5 Å². The first-order chi connectivity index (χ1) is 18.5. The van der Waals surface area contributed by atoms with Gasteiger partial charge >= 0.3 is 0 Å². The number of nitrogens with zero attached hydrogens (tertiary/aromatic N) is 2. The van der Waals surface area contributed by atoms with Crippen molar-refractivity contribution < 1.29 is 45.5 Å². The Morgan fingerprint density at radius 2 is 1.77 bits per heavy atom. The van der Waals surface area contributed by atoms with E-state index in [9.17, 15) is 40.7 Å². The lowest BCUT2D eigenvalue weighted by molar-refractivity contribution is -0.126. The molecule has 214 valence electrons. The number of thiophene rings is 1. The number of nitrogens with one attached hydrogen (secondary N) is 2. The second-order valence-electron chi connectivity index (χ2n) is 8.23. The van der Waals surface area contributed by atoms with Gasteiger partial charge in [0.25, 0.3) is 31.1 Å². The number of halogens is 7. The minimum Gasteiger partial charge on any atom is -0.370 e. The Morgan fingerprint density at radius 3 is 2.33 bits per heavy atom. The first-order valence-electron chi connectivity index (χ1n) is 11.4. The average Bonchev–Trinajstić information content (AvgIpc) is 3.30. The summed E-state index contributed by atoms with van der Waals surface area (Å²) in [5.41, 5.74) is -0.901. The standard InChI is InChI=1S/C23H23ClF6N4O4S/c24-17-4-3-16(39-17)23(37)31-8-15(33(9-18(25)26)10-19(27)28)22(36)32-12-1-2-14(13(7-12)21(29)30)34-5-6-38-11-20(34)35/h1-4,7,15,18-19,21H,5-6,8-11H2,(H,31,37)(H,32,36)/t15-/m1/s1. The molecular weight excluding hydrogens is 578 g/mol. The number of morpholine rings is 1. The number of hydrogen-bond donors (Lipinski definition) is 2. The van der Waals surface area contributed by atoms with E-state index >= 15 is 0 Å². The van der Waals surface area contributed by atoms with Crippen molar-refractivity contribution in [1.29, 1.82) is 0 Å². The van der Waals surface area contributed by atoms with Crippen molar-refractivity contribution in [2.75, 3.05) is 49.6 Å². The highest BCUT2D eigenvalue weighted by Crippen LogP contribution is 2.33. The summed E-state index contributed by atoms with van der Waals surface area (Å²) in [5, 5.41) is 4.61. The minimum absolute atomic E-state index is 0.0255. The maximum absolute atomic E-state index is 13.9. The second kappa shape index (κ2) is 14.0. The van der Waals surface area contributed by atoms with Crippen molar-refractivity contribution in [2.24, 2.45) is 0 Å². The van der Waals surface area contributed by atoms with Gasteiger partial charge in [0, 0.05) is 24.3 Å². The van der Waals surface area contributed by atoms with E-state index < -0.39 is 68.2 Å². The summed E-state index contributed by atoms with van der Waals surface area (Å²) in [4.78, 5) is 39.4. The maximum Gasteiger partial charge on any atom is 0.265 e. The fraction of sp³-hybridized carbons (Fsp3) is 0.435. The summed E-state index contributed by atoms with van der Waals surface area (Å²) in [7, 11) is 0. The highest BCUT2D eigenvalue weighted by Gasteiger charge is 2.32. The van der Waals surface area contributed by atoms with Crippen LogP contribution in [0.3, 0.4) is 0 Å². The molecule has 39 heavy (non-hydrogen) atoms. The van der Waals surface area contributed by atoms with Crippen LogP contribution in [0.15, 0.2) is 30.3 Å². The number of hydrogen-bond acceptors (Lipinski definition) is 6. The SMILES string of the molecule is O=C(NC[C@H](C(=O)Nc1ccc(N2CCOCC2=O)c(C(F)F)c1)N(CC(F)F)CC(F)F)c1ccc(Cl)s1. The van der Waals surface area contributed by atoms with E-state index in [0.29, 0.717) is 4.90 Å². The van der Waals surface area contributed by atoms with Gasteiger partial charge in [-0.25, -0.2) is 26.3 Å². The average molecular weight is 601 g/mol. The third-order valence-corrected chi connectivity index (χ3v) is 6.78. The van der Waals surface area contributed by atoms with Gasteiger partial charge in [-0.05, 0) is 30.3 Å². The van der Waals surface area contributed by atoms with Crippen molar-refractivity contribution >= 4 is 52.0 Å². The van der Waals surface area contributed by atoms with Crippen LogP contribution in [0.4, 0.5) is 37.7 Å². The predicted molar refractivity (Wildman–Crippen MR) is 132 cm³/mol. The van der Waals surface area contributed by atoms with E-state index in [1.54, 1.807) is 0 Å². The molecule has 1 aliphatic rings. The molecule has 1 saturated heterocycles. The van der Waals surface area contributed by atoms with Gasteiger partial charge in [-0.3, -0.25) is 19.3 Å². The third kappa shape index (κ3) is 8.55. The lowest BCUT2D eigenvalue weighted by Crippen LogP contribution is -2.53. The number of amides is 3. The van der Waals surface area contributed by atoms with Gasteiger partial charge in [-0.1, -0.05) is 11.6 Å². The van der Waals surface area contributed by atoms with Crippen LogP contribution in [0.2, 0.25) is 4.34 Å². The summed E-state index contributed by atoms with van der Waals surface area (Å²) in [6.45, 7) is -3.23. The zero-order chi connectivity index (χ0) is 28.7. The summed E-state index contributed by atoms with van der Waals surface area (Å²) in [5.74, 6) is -2.37. The monoisotopic (exact) mass is 600 g/mol. The number of benzene rings is 1. The second-order valence-corrected chi connectivity index (χ2v) is 9.94. The lowest BCUT2D eigenvalue weighted by Gasteiger charge is -2.31. The van der Waals surface area contributed by atoms with Crippen molar-refractivity contribution in [3.63, 3.8) is 0 Å². The number of carbonyl (C=O) groups is 3. The number of carbonyl (C=O) groups excluding carboxylic acids is 3. The molecule has 0 bridgehead atoms. The van der Waals surface area contributed by atoms with Gasteiger partial charge in [0.1, 0.15) is 12.6 Å². The van der Waals surface area contributed by atoms with Crippen LogP contribution in [-0.4, -0.2) is 80.9 Å². The Bertz CT molecular complexity index is 1160. The molecule has 0 radical (unpaired) electrons. The van der Waals surface area contributed by atoms with Crippen LogP contribution in [0.25, 0.3) is 0 Å². The van der Waals surface area contributed by atoms with Crippen LogP contribution in [-0.2, 0) is 14.3 Å². The van der Waals surface area contributed by atoms with E-state index in [1.165, 1.54) is 24.3 Å². The molecule has 2 N–H and O–H groups in total. The van der Waals surface area contributed by atoms with Crippen LogP contribution in [0.5, 0.6) is 0 Å². The van der Waals surface area contributed by atoms with Crippen LogP contribution in [0, 0.1) is 0 Å². The molecule has 3 amide bonds. The molecule has 0 unspecified atom stereocenters. The molecule has 1 aromatic carbocycles. The quantitative estimate of drug-likeness (QED) is 0.355. The molecule has 1 atom stereocenters. The number of ether oxygens (including phenoxy) is 1. The Morgan fingerprint density at radius 1 is 1.08 bits per heavy atom. The van der Waals surface area contributed by atoms with E-state index in [2.05, 4.69) is 10.6 Å². The van der Waals surface area contributed by atoms with Gasteiger partial charge in [0.15, 0.2) is 0 Å². The highest BCUT2D eigenvalue weighted by atomic mass is 35.5. The van der Waals surface area contributed by atoms with Gasteiger partial charge < -0.3 is 20.3 Å². The molecule has 0 saturated carbocycles. The zero-order valence-electron chi connectivity index (χ0n) is 20.0. The van der Waals surface area contributed by atoms with Crippen molar-refractivity contribution in [3.05, 3.63) is 45.1 Å². The fourth-order valence-electron chi connectivity index (χ4n) is 3.84. The van der Waals surface area contributed by atoms with Crippen molar-refractivity contribution in [3.8, 4) is 0 Å². The van der Waals surface area contributed by atoms with Gasteiger partial charge in [0.05, 0.1) is 34.6 Å². The van der Waals surface area contributed by atoms with Gasteiger partial charge in [-0.2, -0.15) is 0 Å². The highest BCUT2D eigenvalue weighted by molar-refractivity contribution is 7.18. The van der Waals surface area contributed by atoms with Gasteiger partial charge in [-0.15, -0.1) is 11.3 Å². The zero-order valence-corrected chi connectivity index (χ0v) is 21.6. The summed E-state index contributed by atoms with van der Waals surface area (Å²) < 4.78 is 85.8. The topological polar surface area (TPSA) is 91.0 Å². The molecule has 0 spiro atoms. The van der Waals surface area contributed by atoms with Crippen LogP contribution >= 0.6 is 22.9 Å². The summed E-state index contributed by atoms with van der Waals surface area (Å²) in [6.07, 6.45) is -9.25. The maximum atomic E-state index is 13.9. The summed E-state index contributed by atoms with van der Waals surface area (Å²) >= 11 is 6.69. The number of alkyl halides is 6. The molecule has 2 heterocycles. The first kappa shape index (κ1) is 30.7. The smallest absolute Gasteiger partial charge is 0.265 e. The molecule has 1 aromatic heterocycles. The molecular formula is C23H23ClF6N4O4S. The Labute approximate surface area is 227 Å². The van der Waals surface area contributed by atoms with E-state index in [1.807, 2.05) is 0 Å². The van der Waals surface area contributed by atoms with E-state index in [0.717, 1.165) is 22.3 Å². The van der Waals surface area contributed by atoms with E-state index in [4.69, 9.17) is 16.3 Å². The molecule has 3 rings (SSSR count). The molecule has 0 aliphatic carbocycles. The Balaban J connectivity index is 1.85. The Kier molecular flexibility index (Phi) is 11.0. The predicted octanol–water partition coefficient (Wildman–Crippen LogP) is 4.27. The van der Waals surface area contributed by atoms with Crippen LogP contribution in [0.1, 0.15) is 21.7 Å². The lowest BCUT2D eigenvalue weighted by atomic mass is 10.1. The van der Waals surface area contributed by atoms with Crippen molar-refractivity contribution in [1.82, 2.24) is 10.2 Å². The molecule has 8 nitrogen and oxygen atoms in total. The minimum atomic E-state index is -3.10. The van der Waals surface area contributed by atoms with Crippen molar-refractivity contribution in [2.45, 2.75) is 25.3 Å². The normalized spacial score (nSPS) is 14.9. The number of anilines is 2. The molecule has 2 aromatic rings. The first-order valence-corrected chi connectivity index (χ1v) is 12.6. The third-order valence-electron chi connectivity index (χ3n) is 5.55. The fourth-order valence-corrected chi connectivity index (χ4v) is 4.79.